The normalized spacial score (nSPS) is 18.7. The highest BCUT2D eigenvalue weighted by molar-refractivity contribution is 5.95. The van der Waals surface area contributed by atoms with Crippen molar-refractivity contribution in [3.8, 4) is 0 Å². The third-order valence-electron chi connectivity index (χ3n) is 5.60. The van der Waals surface area contributed by atoms with Gasteiger partial charge in [-0.05, 0) is 36.6 Å². The molecule has 0 bridgehead atoms. The Kier molecular flexibility index (Phi) is 5.11. The van der Waals surface area contributed by atoms with E-state index in [0.717, 1.165) is 6.54 Å². The first-order valence-electron chi connectivity index (χ1n) is 8.98. The van der Waals surface area contributed by atoms with E-state index in [-0.39, 0.29) is 37.6 Å². The third-order valence-corrected chi connectivity index (χ3v) is 5.60. The lowest BCUT2D eigenvalue weighted by Gasteiger charge is -2.34. The molecule has 0 unspecified atom stereocenters. The Morgan fingerprint density at radius 2 is 1.83 bits per heavy atom. The number of carbonyl (C=O) groups is 1. The molecule has 1 spiro atoms. The van der Waals surface area contributed by atoms with Gasteiger partial charge in [0.2, 0.25) is 0 Å². The van der Waals surface area contributed by atoms with Crippen LogP contribution in [0.1, 0.15) is 48.0 Å². The van der Waals surface area contributed by atoms with E-state index in [0.29, 0.717) is 5.56 Å². The molecule has 132 valence electrons. The van der Waals surface area contributed by atoms with Crippen molar-refractivity contribution in [3.63, 3.8) is 0 Å². The zero-order chi connectivity index (χ0) is 17.2. The molecular weight excluding hydrogens is 304 g/mol. The van der Waals surface area contributed by atoms with Gasteiger partial charge in [0, 0.05) is 43.3 Å². The van der Waals surface area contributed by atoms with Crippen LogP contribution in [0, 0.1) is 0 Å². The van der Waals surface area contributed by atoms with E-state index < -0.39 is 0 Å². The van der Waals surface area contributed by atoms with Crippen molar-refractivity contribution in [1.29, 1.82) is 0 Å². The predicted molar refractivity (Wildman–Crippen MR) is 94.6 cm³/mol. The standard InChI is InChI=1S/C19H28N2O3/c1-20-14-19(7-3-2-4-8-19)16-13-15(5-6-17(16)20)18(24)21(9-11-22)10-12-23/h5-6,13,22-23H,2-4,7-12,14H2,1H3. The second-order valence-electron chi connectivity index (χ2n) is 7.17. The molecule has 1 amide bonds. The molecule has 0 atom stereocenters. The topological polar surface area (TPSA) is 64.0 Å². The van der Waals surface area contributed by atoms with Crippen molar-refractivity contribution in [2.75, 3.05) is 44.8 Å². The maximum Gasteiger partial charge on any atom is 0.254 e. The summed E-state index contributed by atoms with van der Waals surface area (Å²) in [6.45, 7) is 1.35. The lowest BCUT2D eigenvalue weighted by atomic mass is 9.70. The maximum absolute atomic E-state index is 12.8. The van der Waals surface area contributed by atoms with Gasteiger partial charge < -0.3 is 20.0 Å². The first-order chi connectivity index (χ1) is 11.6. The van der Waals surface area contributed by atoms with E-state index in [1.807, 2.05) is 6.07 Å². The molecule has 1 aromatic carbocycles. The molecule has 5 heteroatoms. The van der Waals surface area contributed by atoms with Crippen LogP contribution in [-0.2, 0) is 5.41 Å². The van der Waals surface area contributed by atoms with Crippen molar-refractivity contribution < 1.29 is 15.0 Å². The van der Waals surface area contributed by atoms with Gasteiger partial charge in [-0.25, -0.2) is 0 Å². The Bertz CT molecular complexity index is 590. The first-order valence-corrected chi connectivity index (χ1v) is 8.98. The number of hydrogen-bond donors (Lipinski definition) is 2. The number of amides is 1. The molecule has 1 aliphatic heterocycles. The van der Waals surface area contributed by atoms with Crippen LogP contribution < -0.4 is 4.90 Å². The van der Waals surface area contributed by atoms with Gasteiger partial charge in [0.1, 0.15) is 0 Å². The SMILES string of the molecule is CN1CC2(CCCCC2)c2cc(C(=O)N(CCO)CCO)ccc21. The fourth-order valence-corrected chi connectivity index (χ4v) is 4.45. The first kappa shape index (κ1) is 17.2. The monoisotopic (exact) mass is 332 g/mol. The molecule has 1 fully saturated rings. The largest absolute Gasteiger partial charge is 0.395 e. The number of benzene rings is 1. The van der Waals surface area contributed by atoms with Crippen molar-refractivity contribution in [2.45, 2.75) is 37.5 Å². The maximum atomic E-state index is 12.8. The minimum atomic E-state index is -0.110. The van der Waals surface area contributed by atoms with Crippen LogP contribution in [0.15, 0.2) is 18.2 Å². The Hall–Kier alpha value is -1.59. The second kappa shape index (κ2) is 7.11. The predicted octanol–water partition coefficient (Wildman–Crippen LogP) is 1.77. The molecule has 24 heavy (non-hydrogen) atoms. The van der Waals surface area contributed by atoms with E-state index in [9.17, 15) is 4.79 Å². The molecule has 1 aromatic rings. The van der Waals surface area contributed by atoms with Gasteiger partial charge in [0.25, 0.3) is 5.91 Å². The fourth-order valence-electron chi connectivity index (χ4n) is 4.45. The van der Waals surface area contributed by atoms with Gasteiger partial charge in [-0.2, -0.15) is 0 Å². The van der Waals surface area contributed by atoms with Gasteiger partial charge in [0.05, 0.1) is 13.2 Å². The number of likely N-dealkylation sites (N-methyl/N-ethyl adjacent to an activating group) is 1. The highest BCUT2D eigenvalue weighted by Gasteiger charge is 2.42. The molecule has 5 nitrogen and oxygen atoms in total. The number of hydrogen-bond acceptors (Lipinski definition) is 4. The summed E-state index contributed by atoms with van der Waals surface area (Å²) in [7, 11) is 2.13. The summed E-state index contributed by atoms with van der Waals surface area (Å²) < 4.78 is 0. The Morgan fingerprint density at radius 1 is 1.17 bits per heavy atom. The molecule has 1 heterocycles. The molecule has 0 aromatic heterocycles. The van der Waals surface area contributed by atoms with Crippen LogP contribution in [0.2, 0.25) is 0 Å². The van der Waals surface area contributed by atoms with Crippen LogP contribution in [0.3, 0.4) is 0 Å². The van der Waals surface area contributed by atoms with Crippen molar-refractivity contribution in [3.05, 3.63) is 29.3 Å². The van der Waals surface area contributed by atoms with Crippen molar-refractivity contribution in [1.82, 2.24) is 4.90 Å². The van der Waals surface area contributed by atoms with E-state index in [1.54, 1.807) is 0 Å². The average molecular weight is 332 g/mol. The fraction of sp³-hybridized carbons (Fsp3) is 0.632. The number of nitrogens with zero attached hydrogens (tertiary/aromatic N) is 2. The molecular formula is C19H28N2O3. The summed E-state index contributed by atoms with van der Waals surface area (Å²) in [5.74, 6) is -0.110. The quantitative estimate of drug-likeness (QED) is 0.862. The van der Waals surface area contributed by atoms with Crippen LogP contribution in [0.25, 0.3) is 0 Å². The number of fused-ring (bicyclic) bond motifs is 2. The number of rotatable bonds is 5. The van der Waals surface area contributed by atoms with Crippen LogP contribution >= 0.6 is 0 Å². The van der Waals surface area contributed by atoms with Crippen molar-refractivity contribution in [2.24, 2.45) is 0 Å². The number of aliphatic hydroxyl groups excluding tert-OH is 2. The van der Waals surface area contributed by atoms with Gasteiger partial charge >= 0.3 is 0 Å². The average Bonchev–Trinajstić information content (AvgIpc) is 2.86. The minimum absolute atomic E-state index is 0.0939. The molecule has 0 saturated heterocycles. The van der Waals surface area contributed by atoms with E-state index in [1.165, 1.54) is 48.3 Å². The molecule has 2 aliphatic rings. The lowest BCUT2D eigenvalue weighted by molar-refractivity contribution is 0.0684. The number of carbonyl (C=O) groups excluding carboxylic acids is 1. The summed E-state index contributed by atoms with van der Waals surface area (Å²) in [5.41, 5.74) is 3.40. The summed E-state index contributed by atoms with van der Waals surface area (Å²) in [6.07, 6.45) is 6.21. The molecule has 0 radical (unpaired) electrons. The minimum Gasteiger partial charge on any atom is -0.395 e. The van der Waals surface area contributed by atoms with Gasteiger partial charge in [-0.3, -0.25) is 4.79 Å². The van der Waals surface area contributed by atoms with E-state index in [4.69, 9.17) is 10.2 Å². The molecule has 1 saturated carbocycles. The number of aliphatic hydroxyl groups is 2. The second-order valence-corrected chi connectivity index (χ2v) is 7.17. The van der Waals surface area contributed by atoms with Crippen molar-refractivity contribution >= 4 is 11.6 Å². The Labute approximate surface area is 143 Å². The van der Waals surface area contributed by atoms with Gasteiger partial charge in [0.15, 0.2) is 0 Å². The zero-order valence-electron chi connectivity index (χ0n) is 14.5. The van der Waals surface area contributed by atoms with Crippen LogP contribution in [0.4, 0.5) is 5.69 Å². The highest BCUT2D eigenvalue weighted by atomic mass is 16.3. The van der Waals surface area contributed by atoms with E-state index >= 15 is 0 Å². The highest BCUT2D eigenvalue weighted by Crippen LogP contribution is 2.48. The third kappa shape index (κ3) is 3.03. The Morgan fingerprint density at radius 3 is 2.46 bits per heavy atom. The summed E-state index contributed by atoms with van der Waals surface area (Å²) >= 11 is 0. The lowest BCUT2D eigenvalue weighted by Crippen LogP contribution is -2.36. The summed E-state index contributed by atoms with van der Waals surface area (Å²) in [5, 5.41) is 18.3. The van der Waals surface area contributed by atoms with Crippen LogP contribution in [0.5, 0.6) is 0 Å². The number of anilines is 1. The summed E-state index contributed by atoms with van der Waals surface area (Å²) in [4.78, 5) is 16.6. The molecule has 2 N–H and O–H groups in total. The zero-order valence-corrected chi connectivity index (χ0v) is 14.5. The molecule has 1 aliphatic carbocycles. The van der Waals surface area contributed by atoms with E-state index in [2.05, 4.69) is 24.1 Å². The Balaban J connectivity index is 1.92. The van der Waals surface area contributed by atoms with Gasteiger partial charge in [-0.1, -0.05) is 19.3 Å². The van der Waals surface area contributed by atoms with Gasteiger partial charge in [-0.15, -0.1) is 0 Å². The molecule has 3 rings (SSSR count). The van der Waals surface area contributed by atoms with Crippen LogP contribution in [-0.4, -0.2) is 60.9 Å². The smallest absolute Gasteiger partial charge is 0.254 e. The summed E-state index contributed by atoms with van der Waals surface area (Å²) in [6, 6.07) is 6.00.